The number of carbonyl (C=O) groups excluding carboxylic acids is 1. The Morgan fingerprint density at radius 2 is 2.03 bits per heavy atom. The van der Waals surface area contributed by atoms with Crippen molar-refractivity contribution in [2.24, 2.45) is 11.8 Å². The Kier molecular flexibility index (Phi) is 6.49. The van der Waals surface area contributed by atoms with Crippen LogP contribution in [-0.2, 0) is 6.42 Å². The molecule has 0 saturated heterocycles. The van der Waals surface area contributed by atoms with E-state index in [9.17, 15) is 9.59 Å². The fraction of sp³-hybridized carbons (Fsp3) is 0.308. The second-order valence-electron chi connectivity index (χ2n) is 8.90. The first-order valence-corrected chi connectivity index (χ1v) is 11.3. The van der Waals surface area contributed by atoms with Crippen LogP contribution in [-0.4, -0.2) is 34.1 Å². The molecule has 1 aliphatic rings. The van der Waals surface area contributed by atoms with Crippen LogP contribution < -0.4 is 21.3 Å². The molecule has 1 atom stereocenters. The number of anilines is 1. The Labute approximate surface area is 198 Å². The third-order valence-electron chi connectivity index (χ3n) is 5.86. The Hall–Kier alpha value is -3.94. The Morgan fingerprint density at radius 3 is 2.71 bits per heavy atom. The van der Waals surface area contributed by atoms with Gasteiger partial charge in [0.25, 0.3) is 11.5 Å². The van der Waals surface area contributed by atoms with Crippen LogP contribution in [0.5, 0.6) is 5.88 Å². The number of nitrogens with two attached hydrogens (primary N) is 1. The summed E-state index contributed by atoms with van der Waals surface area (Å²) in [6, 6.07) is 11.0. The van der Waals surface area contributed by atoms with Gasteiger partial charge < -0.3 is 15.8 Å². The van der Waals surface area contributed by atoms with Gasteiger partial charge in [-0.2, -0.15) is 0 Å². The molecule has 1 aromatic carbocycles. The van der Waals surface area contributed by atoms with Crippen LogP contribution in [0.4, 0.5) is 5.95 Å². The van der Waals surface area contributed by atoms with Crippen molar-refractivity contribution in [3.63, 3.8) is 0 Å². The van der Waals surface area contributed by atoms with Gasteiger partial charge in [0.05, 0.1) is 24.1 Å². The van der Waals surface area contributed by atoms with Crippen molar-refractivity contribution >= 4 is 23.5 Å². The SMILES string of the molecule is COc1ncc(C2=Cc3c(nc(N)n(-c4ccccc4)c3=O)CC2C)cc1C(=O)NCC(C)C. The highest BCUT2D eigenvalue weighted by Gasteiger charge is 2.26. The number of aromatic nitrogens is 3. The lowest BCUT2D eigenvalue weighted by Gasteiger charge is -2.24. The number of allylic oxidation sites excluding steroid dienone is 1. The molecule has 8 nitrogen and oxygen atoms in total. The highest BCUT2D eigenvalue weighted by molar-refractivity contribution is 5.98. The molecule has 0 saturated carbocycles. The number of carbonyl (C=O) groups is 1. The highest BCUT2D eigenvalue weighted by atomic mass is 16.5. The van der Waals surface area contributed by atoms with E-state index in [1.807, 2.05) is 50.3 Å². The standard InChI is InChI=1S/C26H29N5O3/c1-15(2)13-28-23(32)21-11-17(14-29-24(21)34-4)19-12-20-22(10-16(19)3)30-26(27)31(25(20)33)18-8-6-5-7-9-18/h5-9,11-12,14-16H,10,13H2,1-4H3,(H2,27,30)(H,28,32). The van der Waals surface area contributed by atoms with Crippen molar-refractivity contribution in [2.75, 3.05) is 19.4 Å². The summed E-state index contributed by atoms with van der Waals surface area (Å²) in [7, 11) is 1.49. The molecule has 0 aliphatic heterocycles. The molecule has 3 aromatic rings. The van der Waals surface area contributed by atoms with E-state index in [0.717, 1.165) is 11.1 Å². The maximum atomic E-state index is 13.4. The van der Waals surface area contributed by atoms with Crippen molar-refractivity contribution in [1.82, 2.24) is 19.9 Å². The number of ether oxygens (including phenoxy) is 1. The zero-order valence-electron chi connectivity index (χ0n) is 19.8. The van der Waals surface area contributed by atoms with Gasteiger partial charge in [0.15, 0.2) is 0 Å². The monoisotopic (exact) mass is 459 g/mol. The van der Waals surface area contributed by atoms with E-state index in [1.165, 1.54) is 11.7 Å². The molecule has 8 heteroatoms. The molecule has 1 amide bonds. The molecule has 4 rings (SSSR count). The largest absolute Gasteiger partial charge is 0.480 e. The lowest BCUT2D eigenvalue weighted by molar-refractivity contribution is 0.0945. The first-order chi connectivity index (χ1) is 16.3. The summed E-state index contributed by atoms with van der Waals surface area (Å²) < 4.78 is 6.74. The van der Waals surface area contributed by atoms with Gasteiger partial charge in [-0.05, 0) is 53.7 Å². The molecule has 0 bridgehead atoms. The number of hydrogen-bond donors (Lipinski definition) is 2. The van der Waals surface area contributed by atoms with Crippen molar-refractivity contribution in [3.05, 3.63) is 75.3 Å². The number of benzene rings is 1. The maximum absolute atomic E-state index is 13.4. The zero-order chi connectivity index (χ0) is 24.4. The maximum Gasteiger partial charge on any atom is 0.267 e. The first-order valence-electron chi connectivity index (χ1n) is 11.3. The quantitative estimate of drug-likeness (QED) is 0.585. The summed E-state index contributed by atoms with van der Waals surface area (Å²) in [6.07, 6.45) is 4.07. The van der Waals surface area contributed by atoms with E-state index in [-0.39, 0.29) is 29.2 Å². The van der Waals surface area contributed by atoms with Crippen LogP contribution in [0.15, 0.2) is 47.4 Å². The van der Waals surface area contributed by atoms with E-state index in [2.05, 4.69) is 22.2 Å². The minimum absolute atomic E-state index is 0.0492. The van der Waals surface area contributed by atoms with Gasteiger partial charge in [-0.1, -0.05) is 39.0 Å². The van der Waals surface area contributed by atoms with Crippen LogP contribution in [0.25, 0.3) is 17.3 Å². The number of hydrogen-bond acceptors (Lipinski definition) is 6. The van der Waals surface area contributed by atoms with E-state index >= 15 is 0 Å². The minimum Gasteiger partial charge on any atom is -0.480 e. The highest BCUT2D eigenvalue weighted by Crippen LogP contribution is 2.34. The van der Waals surface area contributed by atoms with Crippen LogP contribution >= 0.6 is 0 Å². The van der Waals surface area contributed by atoms with Gasteiger partial charge in [-0.3, -0.25) is 9.59 Å². The second-order valence-corrected chi connectivity index (χ2v) is 8.90. The topological polar surface area (TPSA) is 112 Å². The van der Waals surface area contributed by atoms with E-state index in [0.29, 0.717) is 41.4 Å². The van der Waals surface area contributed by atoms with E-state index < -0.39 is 0 Å². The molecule has 176 valence electrons. The Morgan fingerprint density at radius 1 is 1.29 bits per heavy atom. The fourth-order valence-electron chi connectivity index (χ4n) is 4.12. The van der Waals surface area contributed by atoms with Gasteiger partial charge >= 0.3 is 0 Å². The molecular formula is C26H29N5O3. The predicted molar refractivity (Wildman–Crippen MR) is 133 cm³/mol. The Bertz CT molecular complexity index is 1310. The van der Waals surface area contributed by atoms with Crippen molar-refractivity contribution in [1.29, 1.82) is 0 Å². The molecule has 1 unspecified atom stereocenters. The zero-order valence-corrected chi connectivity index (χ0v) is 19.8. The smallest absolute Gasteiger partial charge is 0.267 e. The number of pyridine rings is 1. The number of para-hydroxylation sites is 1. The summed E-state index contributed by atoms with van der Waals surface area (Å²) in [5.41, 5.74) is 9.78. The van der Waals surface area contributed by atoms with Gasteiger partial charge in [-0.15, -0.1) is 0 Å². The van der Waals surface area contributed by atoms with Crippen molar-refractivity contribution < 1.29 is 9.53 Å². The number of rotatable bonds is 6. The molecular weight excluding hydrogens is 430 g/mol. The minimum atomic E-state index is -0.245. The summed E-state index contributed by atoms with van der Waals surface area (Å²) in [6.45, 7) is 6.66. The normalized spacial score (nSPS) is 15.0. The lowest BCUT2D eigenvalue weighted by Crippen LogP contribution is -2.29. The number of nitrogen functional groups attached to an aromatic ring is 1. The number of fused-ring (bicyclic) bond motifs is 1. The summed E-state index contributed by atoms with van der Waals surface area (Å²) >= 11 is 0. The van der Waals surface area contributed by atoms with Crippen molar-refractivity contribution in [2.45, 2.75) is 27.2 Å². The van der Waals surface area contributed by atoms with Gasteiger partial charge in [0.2, 0.25) is 11.8 Å². The Balaban J connectivity index is 1.80. The van der Waals surface area contributed by atoms with Crippen LogP contribution in [0.2, 0.25) is 0 Å². The number of nitrogens with zero attached hydrogens (tertiary/aromatic N) is 3. The van der Waals surface area contributed by atoms with Crippen LogP contribution in [0.3, 0.4) is 0 Å². The molecule has 1 aliphatic carbocycles. The van der Waals surface area contributed by atoms with Gasteiger partial charge in [0, 0.05) is 12.7 Å². The van der Waals surface area contributed by atoms with E-state index in [1.54, 1.807) is 12.3 Å². The van der Waals surface area contributed by atoms with E-state index in [4.69, 9.17) is 10.5 Å². The molecule has 0 radical (unpaired) electrons. The molecule has 2 aromatic heterocycles. The molecule has 2 heterocycles. The second kappa shape index (κ2) is 9.51. The third-order valence-corrected chi connectivity index (χ3v) is 5.86. The summed E-state index contributed by atoms with van der Waals surface area (Å²) in [5.74, 6) is 0.540. The number of amides is 1. The third kappa shape index (κ3) is 4.44. The van der Waals surface area contributed by atoms with Crippen LogP contribution in [0, 0.1) is 11.8 Å². The fourth-order valence-corrected chi connectivity index (χ4v) is 4.12. The molecule has 0 spiro atoms. The number of methoxy groups -OCH3 is 1. The van der Waals surface area contributed by atoms with Gasteiger partial charge in [0.1, 0.15) is 5.56 Å². The molecule has 3 N–H and O–H groups in total. The average Bonchev–Trinajstić information content (AvgIpc) is 2.82. The first kappa shape index (κ1) is 23.2. The van der Waals surface area contributed by atoms with Crippen LogP contribution in [0.1, 0.15) is 48.0 Å². The summed E-state index contributed by atoms with van der Waals surface area (Å²) in [5, 5.41) is 2.92. The predicted octanol–water partition coefficient (Wildman–Crippen LogP) is 3.34. The number of nitrogens with one attached hydrogen (secondary N) is 1. The van der Waals surface area contributed by atoms with Crippen molar-refractivity contribution in [3.8, 4) is 11.6 Å². The lowest BCUT2D eigenvalue weighted by atomic mass is 9.84. The summed E-state index contributed by atoms with van der Waals surface area (Å²) in [4.78, 5) is 35.2. The molecule has 0 fully saturated rings. The van der Waals surface area contributed by atoms with Gasteiger partial charge in [-0.25, -0.2) is 14.5 Å². The molecule has 34 heavy (non-hydrogen) atoms. The average molecular weight is 460 g/mol.